The van der Waals surface area contributed by atoms with Crippen molar-refractivity contribution >= 4 is 15.9 Å². The highest BCUT2D eigenvalue weighted by Gasteiger charge is 2.34. The lowest BCUT2D eigenvalue weighted by atomic mass is 9.86. The van der Waals surface area contributed by atoms with E-state index in [0.29, 0.717) is 19.8 Å². The topological polar surface area (TPSA) is 42.2 Å². The van der Waals surface area contributed by atoms with Crippen LogP contribution in [-0.4, -0.2) is 19.8 Å². The standard InChI is InChI=1S/C13H14BrNO2/c14-11-1-3-12(4-2-11)17-8-6-13(9-15)5-7-16-10-13/h1-4H,5-8,10H2. The fourth-order valence-corrected chi connectivity index (χ4v) is 2.11. The van der Waals surface area contributed by atoms with E-state index in [0.717, 1.165) is 23.1 Å². The summed E-state index contributed by atoms with van der Waals surface area (Å²) in [6.07, 6.45) is 1.53. The van der Waals surface area contributed by atoms with Crippen LogP contribution in [0.5, 0.6) is 5.75 Å². The molecule has 3 nitrogen and oxygen atoms in total. The Bertz CT molecular complexity index is 404. The molecule has 0 N–H and O–H groups in total. The molecule has 1 aliphatic rings. The Morgan fingerprint density at radius 3 is 2.76 bits per heavy atom. The average molecular weight is 296 g/mol. The minimum Gasteiger partial charge on any atom is -0.494 e. The van der Waals surface area contributed by atoms with Gasteiger partial charge >= 0.3 is 0 Å². The van der Waals surface area contributed by atoms with Crippen LogP contribution in [0, 0.1) is 16.7 Å². The number of hydrogen-bond donors (Lipinski definition) is 0. The van der Waals surface area contributed by atoms with Gasteiger partial charge in [-0.3, -0.25) is 0 Å². The van der Waals surface area contributed by atoms with Crippen LogP contribution in [0.4, 0.5) is 0 Å². The van der Waals surface area contributed by atoms with Crippen LogP contribution in [-0.2, 0) is 4.74 Å². The molecule has 1 aromatic carbocycles. The van der Waals surface area contributed by atoms with E-state index < -0.39 is 0 Å². The van der Waals surface area contributed by atoms with Crippen LogP contribution in [0.2, 0.25) is 0 Å². The average Bonchev–Trinajstić information content (AvgIpc) is 2.81. The van der Waals surface area contributed by atoms with Gasteiger partial charge in [0.05, 0.1) is 24.7 Å². The van der Waals surface area contributed by atoms with Gasteiger partial charge in [0.1, 0.15) is 5.75 Å². The molecule has 17 heavy (non-hydrogen) atoms. The Balaban J connectivity index is 1.83. The van der Waals surface area contributed by atoms with Crippen molar-refractivity contribution in [3.05, 3.63) is 28.7 Å². The molecule has 0 radical (unpaired) electrons. The SMILES string of the molecule is N#CC1(CCOc2ccc(Br)cc2)CCOC1. The van der Waals surface area contributed by atoms with Crippen molar-refractivity contribution in [1.82, 2.24) is 0 Å². The lowest BCUT2D eigenvalue weighted by Gasteiger charge is -2.18. The summed E-state index contributed by atoms with van der Waals surface area (Å²) < 4.78 is 11.9. The van der Waals surface area contributed by atoms with Crippen molar-refractivity contribution in [2.45, 2.75) is 12.8 Å². The number of halogens is 1. The minimum absolute atomic E-state index is 0.338. The third kappa shape index (κ3) is 3.21. The Kier molecular flexibility index (Phi) is 4.03. The fourth-order valence-electron chi connectivity index (χ4n) is 1.84. The molecular weight excluding hydrogens is 282 g/mol. The number of nitriles is 1. The molecule has 1 saturated heterocycles. The van der Waals surface area contributed by atoms with Gasteiger partial charge in [0.2, 0.25) is 0 Å². The van der Waals surface area contributed by atoms with Crippen LogP contribution < -0.4 is 4.74 Å². The molecule has 0 bridgehead atoms. The summed E-state index contributed by atoms with van der Waals surface area (Å²) in [4.78, 5) is 0. The van der Waals surface area contributed by atoms with Crippen LogP contribution in [0.1, 0.15) is 12.8 Å². The summed E-state index contributed by atoms with van der Waals surface area (Å²) in [5.74, 6) is 0.834. The molecule has 90 valence electrons. The molecule has 0 saturated carbocycles. The molecule has 4 heteroatoms. The second-order valence-corrected chi connectivity index (χ2v) is 5.16. The highest BCUT2D eigenvalue weighted by molar-refractivity contribution is 9.10. The largest absolute Gasteiger partial charge is 0.494 e. The zero-order valence-corrected chi connectivity index (χ0v) is 11.1. The zero-order chi connectivity index (χ0) is 12.1. The number of nitrogens with zero attached hydrogens (tertiary/aromatic N) is 1. The zero-order valence-electron chi connectivity index (χ0n) is 9.49. The lowest BCUT2D eigenvalue weighted by Crippen LogP contribution is -2.21. The first kappa shape index (κ1) is 12.4. The van der Waals surface area contributed by atoms with Crippen molar-refractivity contribution in [3.63, 3.8) is 0 Å². The summed E-state index contributed by atoms with van der Waals surface area (Å²) in [6.45, 7) is 1.78. The first-order valence-electron chi connectivity index (χ1n) is 5.61. The van der Waals surface area contributed by atoms with Gasteiger partial charge in [-0.1, -0.05) is 15.9 Å². The van der Waals surface area contributed by atoms with Crippen LogP contribution in [0.15, 0.2) is 28.7 Å². The summed E-state index contributed by atoms with van der Waals surface area (Å²) >= 11 is 3.37. The third-order valence-corrected chi connectivity index (χ3v) is 3.53. The number of hydrogen-bond acceptors (Lipinski definition) is 3. The van der Waals surface area contributed by atoms with Crippen molar-refractivity contribution in [2.24, 2.45) is 5.41 Å². The van der Waals surface area contributed by atoms with Gasteiger partial charge in [0.25, 0.3) is 0 Å². The van der Waals surface area contributed by atoms with Gasteiger partial charge in [-0.15, -0.1) is 0 Å². The summed E-state index contributed by atoms with van der Waals surface area (Å²) in [6, 6.07) is 10.1. The Labute approximate surface area is 109 Å². The maximum Gasteiger partial charge on any atom is 0.119 e. The molecule has 1 unspecified atom stereocenters. The molecule has 1 fully saturated rings. The van der Waals surface area contributed by atoms with Gasteiger partial charge in [0.15, 0.2) is 0 Å². The predicted molar refractivity (Wildman–Crippen MR) is 67.7 cm³/mol. The van der Waals surface area contributed by atoms with Gasteiger partial charge in [0, 0.05) is 17.5 Å². The summed E-state index contributed by atoms with van der Waals surface area (Å²) in [5, 5.41) is 9.16. The van der Waals surface area contributed by atoms with Gasteiger partial charge in [-0.25, -0.2) is 0 Å². The molecule has 0 aromatic heterocycles. The van der Waals surface area contributed by atoms with E-state index in [4.69, 9.17) is 14.7 Å². The first-order chi connectivity index (χ1) is 8.24. The second kappa shape index (κ2) is 5.52. The van der Waals surface area contributed by atoms with Crippen LogP contribution >= 0.6 is 15.9 Å². The Morgan fingerprint density at radius 2 is 2.18 bits per heavy atom. The minimum atomic E-state index is -0.338. The van der Waals surface area contributed by atoms with Crippen molar-refractivity contribution in [1.29, 1.82) is 5.26 Å². The molecular formula is C13H14BrNO2. The van der Waals surface area contributed by atoms with E-state index in [1.54, 1.807) is 0 Å². The monoisotopic (exact) mass is 295 g/mol. The van der Waals surface area contributed by atoms with Crippen molar-refractivity contribution < 1.29 is 9.47 Å². The second-order valence-electron chi connectivity index (χ2n) is 4.25. The van der Waals surface area contributed by atoms with Gasteiger partial charge in [-0.05, 0) is 30.7 Å². The molecule has 0 amide bonds. The Hall–Kier alpha value is -1.05. The van der Waals surface area contributed by atoms with E-state index in [9.17, 15) is 0 Å². The maximum absolute atomic E-state index is 9.16. The van der Waals surface area contributed by atoms with E-state index >= 15 is 0 Å². The maximum atomic E-state index is 9.16. The number of benzene rings is 1. The Morgan fingerprint density at radius 1 is 1.41 bits per heavy atom. The smallest absolute Gasteiger partial charge is 0.119 e. The summed E-state index contributed by atoms with van der Waals surface area (Å²) in [7, 11) is 0. The van der Waals surface area contributed by atoms with Gasteiger partial charge < -0.3 is 9.47 Å². The lowest BCUT2D eigenvalue weighted by molar-refractivity contribution is 0.158. The quantitative estimate of drug-likeness (QED) is 0.857. The van der Waals surface area contributed by atoms with Crippen molar-refractivity contribution in [3.8, 4) is 11.8 Å². The predicted octanol–water partition coefficient (Wildman–Crippen LogP) is 3.15. The number of rotatable bonds is 4. The van der Waals surface area contributed by atoms with Gasteiger partial charge in [-0.2, -0.15) is 5.26 Å². The van der Waals surface area contributed by atoms with E-state index in [2.05, 4.69) is 22.0 Å². The normalized spacial score (nSPS) is 23.3. The molecule has 1 heterocycles. The van der Waals surface area contributed by atoms with Crippen LogP contribution in [0.25, 0.3) is 0 Å². The summed E-state index contributed by atoms with van der Waals surface area (Å²) in [5.41, 5.74) is -0.338. The first-order valence-corrected chi connectivity index (χ1v) is 6.41. The highest BCUT2D eigenvalue weighted by Crippen LogP contribution is 2.31. The fraction of sp³-hybridized carbons (Fsp3) is 0.462. The van der Waals surface area contributed by atoms with Crippen molar-refractivity contribution in [2.75, 3.05) is 19.8 Å². The molecule has 0 aliphatic carbocycles. The molecule has 0 spiro atoms. The molecule has 2 rings (SSSR count). The van der Waals surface area contributed by atoms with E-state index in [-0.39, 0.29) is 5.41 Å². The van der Waals surface area contributed by atoms with Crippen LogP contribution in [0.3, 0.4) is 0 Å². The van der Waals surface area contributed by atoms with E-state index in [1.165, 1.54) is 0 Å². The number of ether oxygens (including phenoxy) is 2. The highest BCUT2D eigenvalue weighted by atomic mass is 79.9. The molecule has 1 aliphatic heterocycles. The molecule has 1 atom stereocenters. The van der Waals surface area contributed by atoms with E-state index in [1.807, 2.05) is 24.3 Å². The third-order valence-electron chi connectivity index (χ3n) is 3.00. The molecule has 1 aromatic rings.